The van der Waals surface area contributed by atoms with Gasteiger partial charge < -0.3 is 10.1 Å². The number of amides is 2. The van der Waals surface area contributed by atoms with Crippen LogP contribution in [0.15, 0.2) is 42.5 Å². The number of carbonyl (C=O) groups excluding carboxylic acids is 2. The van der Waals surface area contributed by atoms with Crippen LogP contribution in [-0.4, -0.2) is 23.9 Å². The predicted molar refractivity (Wildman–Crippen MR) is 102 cm³/mol. The van der Waals surface area contributed by atoms with E-state index in [-0.39, 0.29) is 17.7 Å². The van der Waals surface area contributed by atoms with E-state index >= 15 is 0 Å². The summed E-state index contributed by atoms with van der Waals surface area (Å²) < 4.78 is 6.14. The number of aromatic nitrogens is 1. The number of rotatable bonds is 5. The monoisotopic (exact) mass is 367 g/mol. The molecule has 1 aliphatic carbocycles. The van der Waals surface area contributed by atoms with Crippen molar-refractivity contribution in [2.75, 3.05) is 17.7 Å². The van der Waals surface area contributed by atoms with Crippen molar-refractivity contribution < 1.29 is 14.3 Å². The third-order valence-corrected chi connectivity index (χ3v) is 5.11. The van der Waals surface area contributed by atoms with Crippen LogP contribution in [0.25, 0.3) is 10.2 Å². The van der Waals surface area contributed by atoms with Gasteiger partial charge in [-0.3, -0.25) is 14.9 Å². The molecule has 7 heteroatoms. The minimum atomic E-state index is -0.240. The van der Waals surface area contributed by atoms with Crippen LogP contribution in [0.3, 0.4) is 0 Å². The van der Waals surface area contributed by atoms with Crippen LogP contribution < -0.4 is 15.4 Å². The third-order valence-electron chi connectivity index (χ3n) is 4.18. The van der Waals surface area contributed by atoms with Crippen LogP contribution >= 0.6 is 11.3 Å². The lowest BCUT2D eigenvalue weighted by molar-refractivity contribution is -0.117. The fourth-order valence-electron chi connectivity index (χ4n) is 2.55. The zero-order valence-corrected chi connectivity index (χ0v) is 14.9. The first-order chi connectivity index (χ1) is 12.6. The number of carbonyl (C=O) groups is 2. The van der Waals surface area contributed by atoms with Gasteiger partial charge in [0.05, 0.1) is 17.3 Å². The number of nitrogens with zero attached hydrogens (tertiary/aromatic N) is 1. The molecule has 0 atom stereocenters. The minimum Gasteiger partial charge on any atom is -0.497 e. The fraction of sp³-hybridized carbons (Fsp3) is 0.211. The van der Waals surface area contributed by atoms with Crippen LogP contribution in [0.5, 0.6) is 5.75 Å². The molecule has 2 amide bonds. The van der Waals surface area contributed by atoms with Crippen molar-refractivity contribution in [3.8, 4) is 5.75 Å². The van der Waals surface area contributed by atoms with Crippen LogP contribution in [0.4, 0.5) is 10.8 Å². The van der Waals surface area contributed by atoms with E-state index in [0.29, 0.717) is 16.4 Å². The van der Waals surface area contributed by atoms with E-state index < -0.39 is 0 Å². The van der Waals surface area contributed by atoms with Crippen molar-refractivity contribution in [1.29, 1.82) is 0 Å². The summed E-state index contributed by atoms with van der Waals surface area (Å²) in [5.74, 6) is 0.710. The van der Waals surface area contributed by atoms with Gasteiger partial charge in [-0.1, -0.05) is 11.3 Å². The molecule has 0 spiro atoms. The number of thiazole rings is 1. The SMILES string of the molecule is COc1ccc2nc(NC(=O)c3ccc(NC(=O)C4CC4)cc3)sc2c1. The second-order valence-electron chi connectivity index (χ2n) is 6.15. The predicted octanol–water partition coefficient (Wildman–Crippen LogP) is 3.91. The Morgan fingerprint density at radius 2 is 1.88 bits per heavy atom. The van der Waals surface area contributed by atoms with Crippen LogP contribution in [0, 0.1) is 5.92 Å². The number of hydrogen-bond acceptors (Lipinski definition) is 5. The molecule has 0 aliphatic heterocycles. The Hall–Kier alpha value is -2.93. The van der Waals surface area contributed by atoms with Gasteiger partial charge in [0, 0.05) is 17.2 Å². The molecular formula is C19H17N3O3S. The molecule has 1 fully saturated rings. The Bertz CT molecular complexity index is 977. The normalized spacial score (nSPS) is 13.4. The number of nitrogens with one attached hydrogen (secondary N) is 2. The van der Waals surface area contributed by atoms with E-state index in [2.05, 4.69) is 15.6 Å². The molecule has 6 nitrogen and oxygen atoms in total. The Morgan fingerprint density at radius 1 is 1.12 bits per heavy atom. The number of fused-ring (bicyclic) bond motifs is 1. The van der Waals surface area contributed by atoms with Gasteiger partial charge in [-0.15, -0.1) is 0 Å². The lowest BCUT2D eigenvalue weighted by Crippen LogP contribution is -2.14. The molecule has 1 saturated carbocycles. The standard InChI is InChI=1S/C19H17N3O3S/c1-25-14-8-9-15-16(10-14)26-19(21-15)22-18(24)12-4-6-13(7-5-12)20-17(23)11-2-3-11/h4-11H,2-3H2,1H3,(H,20,23)(H,21,22,24). The largest absolute Gasteiger partial charge is 0.497 e. The van der Waals surface area contributed by atoms with E-state index in [1.54, 1.807) is 31.4 Å². The average molecular weight is 367 g/mol. The van der Waals surface area contributed by atoms with Gasteiger partial charge in [-0.05, 0) is 55.3 Å². The smallest absolute Gasteiger partial charge is 0.257 e. The minimum absolute atomic E-state index is 0.0482. The summed E-state index contributed by atoms with van der Waals surface area (Å²) in [4.78, 5) is 28.6. The second-order valence-corrected chi connectivity index (χ2v) is 7.18. The summed E-state index contributed by atoms with van der Waals surface area (Å²) in [7, 11) is 1.61. The lowest BCUT2D eigenvalue weighted by Gasteiger charge is -2.05. The first kappa shape index (κ1) is 16.5. The van der Waals surface area contributed by atoms with E-state index in [1.807, 2.05) is 18.2 Å². The Balaban J connectivity index is 1.44. The molecule has 1 aromatic heterocycles. The molecule has 2 aromatic carbocycles. The van der Waals surface area contributed by atoms with E-state index in [1.165, 1.54) is 11.3 Å². The topological polar surface area (TPSA) is 80.3 Å². The van der Waals surface area contributed by atoms with Crippen molar-refractivity contribution in [2.45, 2.75) is 12.8 Å². The van der Waals surface area contributed by atoms with E-state index in [9.17, 15) is 9.59 Å². The number of methoxy groups -OCH3 is 1. The van der Waals surface area contributed by atoms with Gasteiger partial charge >= 0.3 is 0 Å². The van der Waals surface area contributed by atoms with Crippen LogP contribution in [-0.2, 0) is 4.79 Å². The summed E-state index contributed by atoms with van der Waals surface area (Å²) >= 11 is 1.39. The third kappa shape index (κ3) is 3.52. The van der Waals surface area contributed by atoms with Crippen molar-refractivity contribution in [1.82, 2.24) is 4.98 Å². The van der Waals surface area contributed by atoms with Gasteiger partial charge in [-0.2, -0.15) is 0 Å². The highest BCUT2D eigenvalue weighted by Gasteiger charge is 2.29. The van der Waals surface area contributed by atoms with Crippen molar-refractivity contribution >= 4 is 44.2 Å². The lowest BCUT2D eigenvalue weighted by atomic mass is 10.2. The van der Waals surface area contributed by atoms with Crippen LogP contribution in [0.2, 0.25) is 0 Å². The van der Waals surface area contributed by atoms with Crippen molar-refractivity contribution in [3.05, 3.63) is 48.0 Å². The molecule has 132 valence electrons. The van der Waals surface area contributed by atoms with E-state index in [0.717, 1.165) is 28.8 Å². The summed E-state index contributed by atoms with van der Waals surface area (Å²) in [6.07, 6.45) is 1.92. The maximum Gasteiger partial charge on any atom is 0.257 e. The van der Waals surface area contributed by atoms with Gasteiger partial charge in [-0.25, -0.2) is 4.98 Å². The molecule has 1 aliphatic rings. The molecule has 26 heavy (non-hydrogen) atoms. The quantitative estimate of drug-likeness (QED) is 0.717. The average Bonchev–Trinajstić information content (AvgIpc) is 3.42. The number of ether oxygens (including phenoxy) is 1. The number of anilines is 2. The van der Waals surface area contributed by atoms with Crippen LogP contribution in [0.1, 0.15) is 23.2 Å². The summed E-state index contributed by atoms with van der Waals surface area (Å²) in [6, 6.07) is 12.4. The Kier molecular flexibility index (Phi) is 4.30. The molecular weight excluding hydrogens is 350 g/mol. The fourth-order valence-corrected chi connectivity index (χ4v) is 3.44. The molecule has 0 saturated heterocycles. The molecule has 0 bridgehead atoms. The maximum atomic E-state index is 12.4. The number of hydrogen-bond donors (Lipinski definition) is 2. The highest BCUT2D eigenvalue weighted by Crippen LogP contribution is 2.31. The Morgan fingerprint density at radius 3 is 2.58 bits per heavy atom. The Labute approximate surface area is 154 Å². The number of benzene rings is 2. The zero-order valence-electron chi connectivity index (χ0n) is 14.1. The molecule has 1 heterocycles. The van der Waals surface area contributed by atoms with Gasteiger partial charge in [0.15, 0.2) is 5.13 Å². The first-order valence-corrected chi connectivity index (χ1v) is 9.11. The van der Waals surface area contributed by atoms with Gasteiger partial charge in [0.25, 0.3) is 5.91 Å². The van der Waals surface area contributed by atoms with Crippen molar-refractivity contribution in [2.24, 2.45) is 5.92 Å². The zero-order chi connectivity index (χ0) is 18.1. The highest BCUT2D eigenvalue weighted by atomic mass is 32.1. The van der Waals surface area contributed by atoms with Crippen molar-refractivity contribution in [3.63, 3.8) is 0 Å². The molecule has 0 unspecified atom stereocenters. The van der Waals surface area contributed by atoms with Gasteiger partial charge in [0.1, 0.15) is 5.75 Å². The molecule has 0 radical (unpaired) electrons. The molecule has 3 aromatic rings. The molecule has 4 rings (SSSR count). The first-order valence-electron chi connectivity index (χ1n) is 8.29. The highest BCUT2D eigenvalue weighted by molar-refractivity contribution is 7.22. The summed E-state index contributed by atoms with van der Waals surface area (Å²) in [5.41, 5.74) is 2.01. The van der Waals surface area contributed by atoms with Gasteiger partial charge in [0.2, 0.25) is 5.91 Å². The second kappa shape index (κ2) is 6.76. The maximum absolute atomic E-state index is 12.4. The molecule has 2 N–H and O–H groups in total. The van der Waals surface area contributed by atoms with E-state index in [4.69, 9.17) is 4.74 Å². The summed E-state index contributed by atoms with van der Waals surface area (Å²) in [5, 5.41) is 6.20. The summed E-state index contributed by atoms with van der Waals surface area (Å²) in [6.45, 7) is 0.